The van der Waals surface area contributed by atoms with E-state index in [4.69, 9.17) is 4.74 Å². The Bertz CT molecular complexity index is 266. The minimum absolute atomic E-state index is 0.0814. The maximum absolute atomic E-state index is 9.82. The van der Waals surface area contributed by atoms with Gasteiger partial charge in [0.15, 0.2) is 0 Å². The molecule has 0 aromatic heterocycles. The molecule has 2 bridgehead atoms. The first-order valence-electron chi connectivity index (χ1n) is 5.58. The standard InChI is InChI=1S/C11H19NO2/c1-6(12(2)3)11-5-7-4-8(11)10(14-11)9(7)13/h6-10,13H,4-5H2,1-3H3. The molecule has 3 rings (SSSR count). The molecule has 0 amide bonds. The fourth-order valence-electron chi connectivity index (χ4n) is 3.83. The van der Waals surface area contributed by atoms with E-state index in [-0.39, 0.29) is 17.8 Å². The first-order chi connectivity index (χ1) is 6.56. The van der Waals surface area contributed by atoms with Crippen molar-refractivity contribution in [2.45, 2.75) is 43.6 Å². The van der Waals surface area contributed by atoms with Crippen LogP contribution in [-0.4, -0.2) is 48.0 Å². The molecule has 1 saturated heterocycles. The highest BCUT2D eigenvalue weighted by Crippen LogP contribution is 2.63. The van der Waals surface area contributed by atoms with Crippen LogP contribution < -0.4 is 0 Å². The molecule has 6 unspecified atom stereocenters. The van der Waals surface area contributed by atoms with Gasteiger partial charge in [-0.15, -0.1) is 0 Å². The second-order valence-corrected chi connectivity index (χ2v) is 5.47. The summed E-state index contributed by atoms with van der Waals surface area (Å²) < 4.78 is 5.96. The van der Waals surface area contributed by atoms with Crippen LogP contribution in [-0.2, 0) is 4.74 Å². The van der Waals surface area contributed by atoms with Gasteiger partial charge in [-0.05, 0) is 39.8 Å². The molecule has 3 aliphatic rings. The second kappa shape index (κ2) is 2.52. The first kappa shape index (κ1) is 9.13. The summed E-state index contributed by atoms with van der Waals surface area (Å²) in [6.45, 7) is 2.24. The molecule has 2 aliphatic carbocycles. The Balaban J connectivity index is 1.85. The van der Waals surface area contributed by atoms with E-state index >= 15 is 0 Å². The van der Waals surface area contributed by atoms with E-state index in [1.165, 1.54) is 6.42 Å². The van der Waals surface area contributed by atoms with Gasteiger partial charge in [0.2, 0.25) is 0 Å². The summed E-state index contributed by atoms with van der Waals surface area (Å²) in [5, 5.41) is 9.82. The lowest BCUT2D eigenvalue weighted by atomic mass is 9.70. The van der Waals surface area contributed by atoms with Crippen molar-refractivity contribution < 1.29 is 9.84 Å². The van der Waals surface area contributed by atoms with Crippen molar-refractivity contribution in [3.05, 3.63) is 0 Å². The predicted octanol–water partition coefficient (Wildman–Crippen LogP) is 0.475. The summed E-state index contributed by atoms with van der Waals surface area (Å²) in [5.41, 5.74) is 0.0814. The number of nitrogens with zero attached hydrogens (tertiary/aromatic N) is 1. The topological polar surface area (TPSA) is 32.7 Å². The van der Waals surface area contributed by atoms with E-state index in [0.717, 1.165) is 6.42 Å². The quantitative estimate of drug-likeness (QED) is 0.698. The molecule has 1 N–H and O–H groups in total. The average molecular weight is 197 g/mol. The van der Waals surface area contributed by atoms with Crippen LogP contribution in [0.2, 0.25) is 0 Å². The lowest BCUT2D eigenvalue weighted by molar-refractivity contribution is -0.305. The number of rotatable bonds is 2. The number of ether oxygens (including phenoxy) is 1. The van der Waals surface area contributed by atoms with Crippen LogP contribution in [0.15, 0.2) is 0 Å². The van der Waals surface area contributed by atoms with Gasteiger partial charge in [0, 0.05) is 12.0 Å². The molecule has 0 spiro atoms. The van der Waals surface area contributed by atoms with E-state index in [1.807, 2.05) is 0 Å². The third-order valence-corrected chi connectivity index (χ3v) is 4.82. The highest BCUT2D eigenvalue weighted by atomic mass is 16.6. The minimum Gasteiger partial charge on any atom is -0.390 e. The van der Waals surface area contributed by atoms with Gasteiger partial charge in [0.05, 0.1) is 17.8 Å². The van der Waals surface area contributed by atoms with Gasteiger partial charge < -0.3 is 14.7 Å². The van der Waals surface area contributed by atoms with E-state index in [0.29, 0.717) is 17.9 Å². The average Bonchev–Trinajstić information content (AvgIpc) is 2.52. The molecule has 3 heteroatoms. The molecule has 0 aromatic carbocycles. The Labute approximate surface area is 85.0 Å². The van der Waals surface area contributed by atoms with E-state index in [9.17, 15) is 5.11 Å². The molecule has 1 heterocycles. The van der Waals surface area contributed by atoms with Crippen molar-refractivity contribution in [2.75, 3.05) is 14.1 Å². The highest BCUT2D eigenvalue weighted by Gasteiger charge is 2.71. The van der Waals surface area contributed by atoms with Crippen molar-refractivity contribution in [1.82, 2.24) is 4.90 Å². The van der Waals surface area contributed by atoms with Crippen LogP contribution in [0.3, 0.4) is 0 Å². The lowest BCUT2D eigenvalue weighted by Crippen LogP contribution is -2.70. The molecule has 3 nitrogen and oxygen atoms in total. The van der Waals surface area contributed by atoms with Gasteiger partial charge in [-0.2, -0.15) is 0 Å². The summed E-state index contributed by atoms with van der Waals surface area (Å²) in [5.74, 6) is 1.14. The molecule has 80 valence electrons. The maximum atomic E-state index is 9.82. The summed E-state index contributed by atoms with van der Waals surface area (Å²) >= 11 is 0. The highest BCUT2D eigenvalue weighted by molar-refractivity contribution is 5.21. The fraction of sp³-hybridized carbons (Fsp3) is 1.00. The summed E-state index contributed by atoms with van der Waals surface area (Å²) in [4.78, 5) is 2.24. The van der Waals surface area contributed by atoms with E-state index in [1.54, 1.807) is 0 Å². The third-order valence-electron chi connectivity index (χ3n) is 4.82. The molecule has 0 radical (unpaired) electrons. The smallest absolute Gasteiger partial charge is 0.0901 e. The van der Waals surface area contributed by atoms with Crippen LogP contribution in [0.4, 0.5) is 0 Å². The van der Waals surface area contributed by atoms with E-state index < -0.39 is 0 Å². The van der Waals surface area contributed by atoms with Crippen LogP contribution in [0, 0.1) is 11.8 Å². The Morgan fingerprint density at radius 1 is 1.50 bits per heavy atom. The lowest BCUT2D eigenvalue weighted by Gasteiger charge is -2.59. The fourth-order valence-corrected chi connectivity index (χ4v) is 3.83. The van der Waals surface area contributed by atoms with Gasteiger partial charge in [0.1, 0.15) is 0 Å². The van der Waals surface area contributed by atoms with Crippen LogP contribution >= 0.6 is 0 Å². The molecule has 6 atom stereocenters. The zero-order valence-electron chi connectivity index (χ0n) is 9.10. The van der Waals surface area contributed by atoms with Crippen molar-refractivity contribution in [2.24, 2.45) is 11.8 Å². The molecule has 14 heavy (non-hydrogen) atoms. The zero-order valence-corrected chi connectivity index (χ0v) is 9.10. The predicted molar refractivity (Wildman–Crippen MR) is 53.0 cm³/mol. The summed E-state index contributed by atoms with van der Waals surface area (Å²) in [6, 6.07) is 0.473. The van der Waals surface area contributed by atoms with Gasteiger partial charge in [-0.1, -0.05) is 0 Å². The summed E-state index contributed by atoms with van der Waals surface area (Å²) in [6.07, 6.45) is 2.24. The van der Waals surface area contributed by atoms with Crippen molar-refractivity contribution in [3.8, 4) is 0 Å². The van der Waals surface area contributed by atoms with Crippen molar-refractivity contribution in [1.29, 1.82) is 0 Å². The van der Waals surface area contributed by atoms with Crippen molar-refractivity contribution >= 4 is 0 Å². The number of aliphatic hydroxyl groups excluding tert-OH is 1. The monoisotopic (exact) mass is 197 g/mol. The number of fused-ring (bicyclic) bond motifs is 1. The second-order valence-electron chi connectivity index (χ2n) is 5.47. The van der Waals surface area contributed by atoms with Gasteiger partial charge in [0.25, 0.3) is 0 Å². The Hall–Kier alpha value is -0.120. The van der Waals surface area contributed by atoms with Gasteiger partial charge >= 0.3 is 0 Å². The largest absolute Gasteiger partial charge is 0.390 e. The molecule has 0 aromatic rings. The zero-order chi connectivity index (χ0) is 10.1. The molecule has 3 fully saturated rings. The van der Waals surface area contributed by atoms with Crippen LogP contribution in [0.1, 0.15) is 19.8 Å². The van der Waals surface area contributed by atoms with Gasteiger partial charge in [-0.3, -0.25) is 0 Å². The Kier molecular flexibility index (Phi) is 1.64. The molecule has 1 aliphatic heterocycles. The van der Waals surface area contributed by atoms with E-state index in [2.05, 4.69) is 25.9 Å². The number of hydrogen-bond acceptors (Lipinski definition) is 3. The Morgan fingerprint density at radius 3 is 2.64 bits per heavy atom. The van der Waals surface area contributed by atoms with Crippen molar-refractivity contribution in [3.63, 3.8) is 0 Å². The van der Waals surface area contributed by atoms with Gasteiger partial charge in [-0.25, -0.2) is 0 Å². The molecule has 2 saturated carbocycles. The number of likely N-dealkylation sites (N-methyl/N-ethyl adjacent to an activating group) is 1. The third kappa shape index (κ3) is 0.802. The normalized spacial score (nSPS) is 56.4. The summed E-state index contributed by atoms with van der Waals surface area (Å²) in [7, 11) is 4.22. The SMILES string of the molecule is CC(N(C)C)C12CC3CC1C(O2)C3O. The Morgan fingerprint density at radius 2 is 2.21 bits per heavy atom. The maximum Gasteiger partial charge on any atom is 0.0901 e. The van der Waals surface area contributed by atoms with Crippen LogP contribution in [0.25, 0.3) is 0 Å². The molecular weight excluding hydrogens is 178 g/mol. The minimum atomic E-state index is -0.170. The first-order valence-corrected chi connectivity index (χ1v) is 5.58. The number of aliphatic hydroxyl groups is 1. The molecular formula is C11H19NO2. The van der Waals surface area contributed by atoms with Crippen LogP contribution in [0.5, 0.6) is 0 Å². The number of hydrogen-bond donors (Lipinski definition) is 1.